The number of hydrogen-bond acceptors (Lipinski definition) is 2. The Morgan fingerprint density at radius 2 is 2.12 bits per heavy atom. The fraction of sp³-hybridized carbons (Fsp3) is 0.600. The number of benzene rings is 1. The fourth-order valence-corrected chi connectivity index (χ4v) is 2.58. The Morgan fingerprint density at radius 3 is 2.71 bits per heavy atom. The van der Waals surface area contributed by atoms with Crippen LogP contribution < -0.4 is 10.2 Å². The van der Waals surface area contributed by atoms with E-state index in [0.29, 0.717) is 0 Å². The molecule has 1 aromatic carbocycles. The van der Waals surface area contributed by atoms with Gasteiger partial charge in [0.15, 0.2) is 0 Å². The van der Waals surface area contributed by atoms with E-state index in [1.807, 2.05) is 7.05 Å². The molecule has 1 fully saturated rings. The Bertz CT molecular complexity index is 369. The molecular weight excluding hydrogens is 208 g/mol. The van der Waals surface area contributed by atoms with Crippen LogP contribution in [0.5, 0.6) is 0 Å². The molecule has 0 heterocycles. The monoisotopic (exact) mass is 232 g/mol. The lowest BCUT2D eigenvalue weighted by atomic mass is 9.85. The summed E-state index contributed by atoms with van der Waals surface area (Å²) in [6, 6.07) is 6.77. The molecule has 0 atom stereocenters. The van der Waals surface area contributed by atoms with Crippen LogP contribution in [0.25, 0.3) is 0 Å². The van der Waals surface area contributed by atoms with Crippen molar-refractivity contribution < 1.29 is 0 Å². The van der Waals surface area contributed by atoms with E-state index < -0.39 is 0 Å². The SMILES string of the molecule is CNCc1cc(C)ccc1N(C)CC1CCC1. The molecular formula is C15H24N2. The largest absolute Gasteiger partial charge is 0.374 e. The summed E-state index contributed by atoms with van der Waals surface area (Å²) in [7, 11) is 4.24. The first-order valence-corrected chi connectivity index (χ1v) is 6.66. The van der Waals surface area contributed by atoms with E-state index in [1.54, 1.807) is 0 Å². The van der Waals surface area contributed by atoms with Gasteiger partial charge in [0.25, 0.3) is 0 Å². The zero-order valence-corrected chi connectivity index (χ0v) is 11.3. The third-order valence-electron chi connectivity index (χ3n) is 3.77. The summed E-state index contributed by atoms with van der Waals surface area (Å²) in [5, 5.41) is 3.26. The third-order valence-corrected chi connectivity index (χ3v) is 3.77. The van der Waals surface area contributed by atoms with Crippen LogP contribution in [0.2, 0.25) is 0 Å². The van der Waals surface area contributed by atoms with E-state index in [1.165, 1.54) is 42.6 Å². The maximum absolute atomic E-state index is 3.26. The predicted molar refractivity (Wildman–Crippen MR) is 74.6 cm³/mol. The van der Waals surface area contributed by atoms with Crippen molar-refractivity contribution in [2.75, 3.05) is 25.5 Å². The Labute approximate surface area is 105 Å². The molecule has 94 valence electrons. The Hall–Kier alpha value is -1.02. The van der Waals surface area contributed by atoms with Crippen molar-refractivity contribution in [2.45, 2.75) is 32.7 Å². The number of aryl methyl sites for hydroxylation is 1. The zero-order valence-electron chi connectivity index (χ0n) is 11.3. The van der Waals surface area contributed by atoms with Gasteiger partial charge in [0, 0.05) is 25.8 Å². The maximum Gasteiger partial charge on any atom is 0.0409 e. The van der Waals surface area contributed by atoms with Gasteiger partial charge in [-0.3, -0.25) is 0 Å². The summed E-state index contributed by atoms with van der Waals surface area (Å²) >= 11 is 0. The van der Waals surface area contributed by atoms with E-state index in [0.717, 1.165) is 12.5 Å². The molecule has 1 saturated carbocycles. The highest BCUT2D eigenvalue weighted by atomic mass is 15.1. The average Bonchev–Trinajstić information content (AvgIpc) is 2.24. The van der Waals surface area contributed by atoms with Crippen LogP contribution in [0.1, 0.15) is 30.4 Å². The van der Waals surface area contributed by atoms with E-state index in [9.17, 15) is 0 Å². The highest BCUT2D eigenvalue weighted by molar-refractivity contribution is 5.54. The van der Waals surface area contributed by atoms with Crippen LogP contribution >= 0.6 is 0 Å². The van der Waals surface area contributed by atoms with Gasteiger partial charge in [0.05, 0.1) is 0 Å². The van der Waals surface area contributed by atoms with Gasteiger partial charge in [-0.15, -0.1) is 0 Å². The first-order valence-electron chi connectivity index (χ1n) is 6.66. The molecule has 0 amide bonds. The van der Waals surface area contributed by atoms with Crippen molar-refractivity contribution in [3.63, 3.8) is 0 Å². The van der Waals surface area contributed by atoms with E-state index >= 15 is 0 Å². The summed E-state index contributed by atoms with van der Waals surface area (Å²) in [6.45, 7) is 4.32. The smallest absolute Gasteiger partial charge is 0.0409 e. The molecule has 0 bridgehead atoms. The van der Waals surface area contributed by atoms with Crippen LogP contribution in [0, 0.1) is 12.8 Å². The summed E-state index contributed by atoms with van der Waals surface area (Å²) in [4.78, 5) is 2.43. The maximum atomic E-state index is 3.26. The summed E-state index contributed by atoms with van der Waals surface area (Å²) in [5.74, 6) is 0.920. The highest BCUT2D eigenvalue weighted by Gasteiger charge is 2.20. The molecule has 0 spiro atoms. The minimum atomic E-state index is 0.920. The Balaban J connectivity index is 2.11. The lowest BCUT2D eigenvalue weighted by molar-refractivity contribution is 0.321. The van der Waals surface area contributed by atoms with Gasteiger partial charge in [0.1, 0.15) is 0 Å². The summed E-state index contributed by atoms with van der Waals surface area (Å²) in [5.41, 5.74) is 4.14. The Kier molecular flexibility index (Phi) is 4.06. The number of nitrogens with zero attached hydrogens (tertiary/aromatic N) is 1. The first kappa shape index (κ1) is 12.4. The van der Waals surface area contributed by atoms with Gasteiger partial charge >= 0.3 is 0 Å². The third kappa shape index (κ3) is 3.01. The van der Waals surface area contributed by atoms with Crippen LogP contribution in [0.3, 0.4) is 0 Å². The molecule has 2 rings (SSSR count). The van der Waals surface area contributed by atoms with Crippen molar-refractivity contribution in [3.05, 3.63) is 29.3 Å². The van der Waals surface area contributed by atoms with Crippen LogP contribution in [0.4, 0.5) is 5.69 Å². The quantitative estimate of drug-likeness (QED) is 0.839. The molecule has 0 saturated heterocycles. The van der Waals surface area contributed by atoms with Gasteiger partial charge in [-0.2, -0.15) is 0 Å². The van der Waals surface area contributed by atoms with Gasteiger partial charge in [-0.1, -0.05) is 24.1 Å². The molecule has 0 aromatic heterocycles. The van der Waals surface area contributed by atoms with Gasteiger partial charge in [-0.05, 0) is 44.4 Å². The molecule has 0 unspecified atom stereocenters. The average molecular weight is 232 g/mol. The summed E-state index contributed by atoms with van der Waals surface area (Å²) in [6.07, 6.45) is 4.25. The first-order chi connectivity index (χ1) is 8.20. The van der Waals surface area contributed by atoms with Crippen molar-refractivity contribution in [1.29, 1.82) is 0 Å². The minimum absolute atomic E-state index is 0.920. The van der Waals surface area contributed by atoms with Crippen molar-refractivity contribution in [2.24, 2.45) is 5.92 Å². The topological polar surface area (TPSA) is 15.3 Å². The standard InChI is InChI=1S/C15H24N2/c1-12-7-8-15(14(9-12)10-16-2)17(3)11-13-5-4-6-13/h7-9,13,16H,4-6,10-11H2,1-3H3. The van der Waals surface area contributed by atoms with E-state index in [2.05, 4.69) is 42.4 Å². The second-order valence-electron chi connectivity index (χ2n) is 5.34. The zero-order chi connectivity index (χ0) is 12.3. The van der Waals surface area contributed by atoms with Crippen molar-refractivity contribution in [3.8, 4) is 0 Å². The second-order valence-corrected chi connectivity index (χ2v) is 5.34. The lowest BCUT2D eigenvalue weighted by Gasteiger charge is -2.32. The molecule has 2 nitrogen and oxygen atoms in total. The lowest BCUT2D eigenvalue weighted by Crippen LogP contribution is -2.30. The molecule has 1 N–H and O–H groups in total. The molecule has 1 aromatic rings. The molecule has 1 aliphatic carbocycles. The van der Waals surface area contributed by atoms with E-state index in [-0.39, 0.29) is 0 Å². The fourth-order valence-electron chi connectivity index (χ4n) is 2.58. The number of rotatable bonds is 5. The minimum Gasteiger partial charge on any atom is -0.374 e. The second kappa shape index (κ2) is 5.54. The van der Waals surface area contributed by atoms with Crippen molar-refractivity contribution in [1.82, 2.24) is 5.32 Å². The predicted octanol–water partition coefficient (Wildman–Crippen LogP) is 2.95. The molecule has 0 aliphatic heterocycles. The van der Waals surface area contributed by atoms with Crippen LogP contribution in [-0.4, -0.2) is 20.6 Å². The Morgan fingerprint density at radius 1 is 1.35 bits per heavy atom. The van der Waals surface area contributed by atoms with Gasteiger partial charge in [-0.25, -0.2) is 0 Å². The summed E-state index contributed by atoms with van der Waals surface area (Å²) < 4.78 is 0. The highest BCUT2D eigenvalue weighted by Crippen LogP contribution is 2.29. The number of nitrogens with one attached hydrogen (secondary N) is 1. The molecule has 0 radical (unpaired) electrons. The van der Waals surface area contributed by atoms with Crippen LogP contribution in [0.15, 0.2) is 18.2 Å². The van der Waals surface area contributed by atoms with Crippen molar-refractivity contribution >= 4 is 5.69 Å². The molecule has 2 heteroatoms. The normalized spacial score (nSPS) is 15.7. The van der Waals surface area contributed by atoms with Gasteiger partial charge < -0.3 is 10.2 Å². The number of hydrogen-bond donors (Lipinski definition) is 1. The molecule has 17 heavy (non-hydrogen) atoms. The van der Waals surface area contributed by atoms with E-state index in [4.69, 9.17) is 0 Å². The molecule has 1 aliphatic rings. The number of anilines is 1. The van der Waals surface area contributed by atoms with Gasteiger partial charge in [0.2, 0.25) is 0 Å². The van der Waals surface area contributed by atoms with Crippen LogP contribution in [-0.2, 0) is 6.54 Å².